The highest BCUT2D eigenvalue weighted by molar-refractivity contribution is 6.28. The number of phenolic OH excluding ortho intramolecular Hbond substituents is 1. The summed E-state index contributed by atoms with van der Waals surface area (Å²) in [6.45, 7) is 4.10. The van der Waals surface area contributed by atoms with Crippen molar-refractivity contribution in [3.8, 4) is 22.8 Å². The number of rotatable bonds is 3. The quantitative estimate of drug-likeness (QED) is 0.692. The Bertz CT molecular complexity index is 998. The molecule has 1 N–H and O–H groups in total. The number of hydrogen-bond donors (Lipinski definition) is 1. The zero-order valence-corrected chi connectivity index (χ0v) is 15.8. The SMILES string of the molecule is COc1ccc(-c2ccc3c(N4CCOC[C@@H]4C)nc(Cl)nc3n2)cc1O. The molecule has 27 heavy (non-hydrogen) atoms. The summed E-state index contributed by atoms with van der Waals surface area (Å²) >= 11 is 6.18. The molecule has 2 aromatic heterocycles. The molecular formula is C19H19ClN4O3. The number of hydrogen-bond acceptors (Lipinski definition) is 7. The van der Waals surface area contributed by atoms with Crippen LogP contribution in [0.4, 0.5) is 5.82 Å². The average molecular weight is 387 g/mol. The maximum Gasteiger partial charge on any atom is 0.226 e. The summed E-state index contributed by atoms with van der Waals surface area (Å²) < 4.78 is 10.6. The summed E-state index contributed by atoms with van der Waals surface area (Å²) in [6.07, 6.45) is 0. The van der Waals surface area contributed by atoms with Crippen molar-refractivity contribution in [2.75, 3.05) is 31.8 Å². The normalized spacial score (nSPS) is 17.3. The number of ether oxygens (including phenoxy) is 2. The predicted octanol–water partition coefficient (Wildman–Crippen LogP) is 3.28. The first kappa shape index (κ1) is 17.8. The molecule has 1 aliphatic rings. The van der Waals surface area contributed by atoms with Gasteiger partial charge in [0, 0.05) is 12.1 Å². The van der Waals surface area contributed by atoms with Crippen LogP contribution >= 0.6 is 11.6 Å². The van der Waals surface area contributed by atoms with Crippen LogP contribution in [0, 0.1) is 0 Å². The van der Waals surface area contributed by atoms with E-state index in [2.05, 4.69) is 26.8 Å². The molecular weight excluding hydrogens is 368 g/mol. The number of aromatic nitrogens is 3. The van der Waals surface area contributed by atoms with Crippen molar-refractivity contribution < 1.29 is 14.6 Å². The maximum absolute atomic E-state index is 10.0. The lowest BCUT2D eigenvalue weighted by Crippen LogP contribution is -2.44. The number of halogens is 1. The van der Waals surface area contributed by atoms with Crippen molar-refractivity contribution in [2.24, 2.45) is 0 Å². The van der Waals surface area contributed by atoms with Crippen molar-refractivity contribution in [2.45, 2.75) is 13.0 Å². The van der Waals surface area contributed by atoms with Gasteiger partial charge in [0.25, 0.3) is 0 Å². The fourth-order valence-electron chi connectivity index (χ4n) is 3.24. The highest BCUT2D eigenvalue weighted by atomic mass is 35.5. The van der Waals surface area contributed by atoms with E-state index in [1.807, 2.05) is 18.2 Å². The summed E-state index contributed by atoms with van der Waals surface area (Å²) in [5, 5.41) is 11.0. The van der Waals surface area contributed by atoms with Crippen molar-refractivity contribution in [3.63, 3.8) is 0 Å². The molecule has 7 nitrogen and oxygen atoms in total. The second-order valence-electron chi connectivity index (χ2n) is 6.39. The Morgan fingerprint density at radius 1 is 1.22 bits per heavy atom. The molecule has 0 spiro atoms. The van der Waals surface area contributed by atoms with E-state index in [0.29, 0.717) is 30.3 Å². The Morgan fingerprint density at radius 3 is 2.81 bits per heavy atom. The van der Waals surface area contributed by atoms with Crippen LogP contribution in [0.2, 0.25) is 5.28 Å². The molecule has 0 radical (unpaired) electrons. The summed E-state index contributed by atoms with van der Waals surface area (Å²) in [7, 11) is 1.51. The zero-order valence-electron chi connectivity index (χ0n) is 15.0. The third-order valence-electron chi connectivity index (χ3n) is 4.63. The van der Waals surface area contributed by atoms with Gasteiger partial charge < -0.3 is 19.5 Å². The van der Waals surface area contributed by atoms with E-state index in [1.165, 1.54) is 7.11 Å². The fraction of sp³-hybridized carbons (Fsp3) is 0.316. The summed E-state index contributed by atoms with van der Waals surface area (Å²) in [4.78, 5) is 15.5. The highest BCUT2D eigenvalue weighted by Gasteiger charge is 2.23. The molecule has 140 valence electrons. The van der Waals surface area contributed by atoms with Crippen LogP contribution in [-0.2, 0) is 4.74 Å². The van der Waals surface area contributed by atoms with Crippen LogP contribution in [0.3, 0.4) is 0 Å². The molecule has 3 aromatic rings. The van der Waals surface area contributed by atoms with Gasteiger partial charge in [0.2, 0.25) is 5.28 Å². The van der Waals surface area contributed by atoms with Crippen LogP contribution < -0.4 is 9.64 Å². The maximum atomic E-state index is 10.0. The third kappa shape index (κ3) is 3.36. The smallest absolute Gasteiger partial charge is 0.226 e. The van der Waals surface area contributed by atoms with Crippen molar-refractivity contribution in [1.29, 1.82) is 0 Å². The van der Waals surface area contributed by atoms with Gasteiger partial charge in [-0.2, -0.15) is 9.97 Å². The van der Waals surface area contributed by atoms with Gasteiger partial charge in [-0.15, -0.1) is 0 Å². The van der Waals surface area contributed by atoms with Crippen LogP contribution in [0.25, 0.3) is 22.3 Å². The Balaban J connectivity index is 1.80. The molecule has 4 rings (SSSR count). The zero-order chi connectivity index (χ0) is 19.0. The number of fused-ring (bicyclic) bond motifs is 1. The molecule has 0 unspecified atom stereocenters. The molecule has 1 atom stereocenters. The number of anilines is 1. The monoisotopic (exact) mass is 386 g/mol. The third-order valence-corrected chi connectivity index (χ3v) is 4.80. The summed E-state index contributed by atoms with van der Waals surface area (Å²) in [6, 6.07) is 9.15. The molecule has 1 fully saturated rings. The van der Waals surface area contributed by atoms with Gasteiger partial charge >= 0.3 is 0 Å². The minimum atomic E-state index is 0.0560. The summed E-state index contributed by atoms with van der Waals surface area (Å²) in [5.41, 5.74) is 1.94. The van der Waals surface area contributed by atoms with Crippen molar-refractivity contribution in [3.05, 3.63) is 35.6 Å². The number of morpholine rings is 1. The van der Waals surface area contributed by atoms with Crippen molar-refractivity contribution in [1.82, 2.24) is 15.0 Å². The lowest BCUT2D eigenvalue weighted by Gasteiger charge is -2.34. The van der Waals surface area contributed by atoms with Gasteiger partial charge in [0.15, 0.2) is 17.1 Å². The second-order valence-corrected chi connectivity index (χ2v) is 6.73. The second kappa shape index (κ2) is 7.17. The van der Waals surface area contributed by atoms with Crippen LogP contribution in [0.15, 0.2) is 30.3 Å². The topological polar surface area (TPSA) is 80.6 Å². The van der Waals surface area contributed by atoms with E-state index < -0.39 is 0 Å². The Hall–Kier alpha value is -2.64. The Kier molecular flexibility index (Phi) is 4.72. The number of benzene rings is 1. The first-order valence-electron chi connectivity index (χ1n) is 8.63. The highest BCUT2D eigenvalue weighted by Crippen LogP contribution is 2.33. The number of phenols is 1. The van der Waals surface area contributed by atoms with E-state index in [9.17, 15) is 5.11 Å². The number of methoxy groups -OCH3 is 1. The molecule has 0 bridgehead atoms. The molecule has 0 aliphatic carbocycles. The molecule has 1 aromatic carbocycles. The number of nitrogens with zero attached hydrogens (tertiary/aromatic N) is 4. The first-order valence-corrected chi connectivity index (χ1v) is 9.00. The van der Waals surface area contributed by atoms with Crippen molar-refractivity contribution >= 4 is 28.5 Å². The number of aromatic hydroxyl groups is 1. The van der Waals surface area contributed by atoms with Crippen LogP contribution in [0.5, 0.6) is 11.5 Å². The molecule has 3 heterocycles. The minimum Gasteiger partial charge on any atom is -0.504 e. The largest absolute Gasteiger partial charge is 0.504 e. The fourth-order valence-corrected chi connectivity index (χ4v) is 3.40. The van der Waals surface area contributed by atoms with Gasteiger partial charge in [0.05, 0.1) is 37.4 Å². The molecule has 8 heteroatoms. The van der Waals surface area contributed by atoms with Gasteiger partial charge in [-0.3, -0.25) is 0 Å². The number of pyridine rings is 1. The van der Waals surface area contributed by atoms with E-state index in [-0.39, 0.29) is 17.1 Å². The lowest BCUT2D eigenvalue weighted by molar-refractivity contribution is 0.0987. The Morgan fingerprint density at radius 2 is 2.07 bits per heavy atom. The Labute approximate surface area is 161 Å². The molecule has 0 amide bonds. The van der Waals surface area contributed by atoms with Gasteiger partial charge in [0.1, 0.15) is 5.82 Å². The van der Waals surface area contributed by atoms with Crippen LogP contribution in [-0.4, -0.2) is 53.0 Å². The van der Waals surface area contributed by atoms with E-state index >= 15 is 0 Å². The van der Waals surface area contributed by atoms with E-state index in [1.54, 1.807) is 12.1 Å². The molecule has 1 saturated heterocycles. The van der Waals surface area contributed by atoms with E-state index in [0.717, 1.165) is 23.3 Å². The van der Waals surface area contributed by atoms with Gasteiger partial charge in [-0.1, -0.05) is 0 Å². The minimum absolute atomic E-state index is 0.0560. The van der Waals surface area contributed by atoms with E-state index in [4.69, 9.17) is 21.1 Å². The van der Waals surface area contributed by atoms with Gasteiger partial charge in [-0.25, -0.2) is 4.98 Å². The predicted molar refractivity (Wildman–Crippen MR) is 104 cm³/mol. The average Bonchev–Trinajstić information content (AvgIpc) is 2.67. The van der Waals surface area contributed by atoms with Crippen LogP contribution in [0.1, 0.15) is 6.92 Å². The summed E-state index contributed by atoms with van der Waals surface area (Å²) in [5.74, 6) is 1.23. The standard InChI is InChI=1S/C19H19ClN4O3/c1-11-10-27-8-7-24(11)18-13-4-5-14(21-17(13)22-19(20)23-18)12-3-6-16(26-2)15(25)9-12/h3-6,9,11,25H,7-8,10H2,1-2H3/t11-/m0/s1. The molecule has 1 aliphatic heterocycles. The lowest BCUT2D eigenvalue weighted by atomic mass is 10.1. The molecule has 0 saturated carbocycles. The first-order chi connectivity index (χ1) is 13.1. The van der Waals surface area contributed by atoms with Gasteiger partial charge in [-0.05, 0) is 48.9 Å².